The molecule has 3 aromatic carbocycles. The largest absolute Gasteiger partial charge is 0.378 e. The van der Waals surface area contributed by atoms with Crippen LogP contribution in [0.15, 0.2) is 83.7 Å². The highest BCUT2D eigenvalue weighted by Gasteiger charge is 2.12. The zero-order chi connectivity index (χ0) is 21.0. The van der Waals surface area contributed by atoms with Crippen LogP contribution in [0.3, 0.4) is 0 Å². The first kappa shape index (κ1) is 19.3. The zero-order valence-corrected chi connectivity index (χ0v) is 17.1. The lowest BCUT2D eigenvalue weighted by Crippen LogP contribution is -2.36. The molecular weight excluding hydrogens is 386 g/mol. The van der Waals surface area contributed by atoms with E-state index >= 15 is 0 Å². The predicted octanol–water partition coefficient (Wildman–Crippen LogP) is 4.39. The van der Waals surface area contributed by atoms with Crippen LogP contribution < -0.4 is 10.5 Å². The Balaban J connectivity index is 1.52. The van der Waals surface area contributed by atoms with Crippen molar-refractivity contribution in [2.45, 2.75) is 0 Å². The molecule has 1 fully saturated rings. The van der Waals surface area contributed by atoms with Crippen LogP contribution in [0, 0.1) is 0 Å². The van der Waals surface area contributed by atoms with Crippen molar-refractivity contribution in [3.63, 3.8) is 0 Å². The molecule has 0 atom stereocenters. The average molecular weight is 409 g/mol. The zero-order valence-electron chi connectivity index (χ0n) is 17.1. The minimum absolute atomic E-state index is 0.0703. The second-order valence-electron chi connectivity index (χ2n) is 7.49. The van der Waals surface area contributed by atoms with Crippen molar-refractivity contribution in [2.75, 3.05) is 31.2 Å². The molecular formula is C26H23N3O2. The number of nitrogens with zero attached hydrogens (tertiary/aromatic N) is 3. The Bertz CT molecular complexity index is 1270. The van der Waals surface area contributed by atoms with Crippen LogP contribution in [-0.2, 0) is 4.74 Å². The summed E-state index contributed by atoms with van der Waals surface area (Å²) >= 11 is 0. The third-order valence-corrected chi connectivity index (χ3v) is 5.51. The molecule has 0 amide bonds. The van der Waals surface area contributed by atoms with Crippen molar-refractivity contribution < 1.29 is 4.74 Å². The highest BCUT2D eigenvalue weighted by Crippen LogP contribution is 2.19. The van der Waals surface area contributed by atoms with Crippen LogP contribution in [0.1, 0.15) is 11.4 Å². The lowest BCUT2D eigenvalue weighted by atomic mass is 10.1. The minimum atomic E-state index is -0.0703. The highest BCUT2D eigenvalue weighted by atomic mass is 16.5. The molecule has 1 aliphatic heterocycles. The van der Waals surface area contributed by atoms with Crippen molar-refractivity contribution in [2.24, 2.45) is 0 Å². The number of rotatable bonds is 4. The number of aromatic nitrogens is 2. The minimum Gasteiger partial charge on any atom is -0.378 e. The Morgan fingerprint density at radius 3 is 2.26 bits per heavy atom. The molecule has 1 aromatic heterocycles. The molecule has 0 aliphatic carbocycles. The Morgan fingerprint density at radius 1 is 0.774 bits per heavy atom. The second kappa shape index (κ2) is 8.58. The van der Waals surface area contributed by atoms with Crippen molar-refractivity contribution in [1.82, 2.24) is 9.55 Å². The fourth-order valence-corrected chi connectivity index (χ4v) is 3.88. The number of para-hydroxylation sites is 2. The first-order valence-corrected chi connectivity index (χ1v) is 10.5. The van der Waals surface area contributed by atoms with Crippen LogP contribution >= 0.6 is 0 Å². The number of anilines is 1. The molecule has 4 aromatic rings. The van der Waals surface area contributed by atoms with E-state index in [1.807, 2.05) is 66.7 Å². The number of hydrogen-bond acceptors (Lipinski definition) is 4. The molecule has 0 N–H and O–H groups in total. The van der Waals surface area contributed by atoms with Gasteiger partial charge in [0.05, 0.1) is 29.8 Å². The lowest BCUT2D eigenvalue weighted by molar-refractivity contribution is 0.122. The third kappa shape index (κ3) is 4.00. The fourth-order valence-electron chi connectivity index (χ4n) is 3.88. The van der Waals surface area contributed by atoms with E-state index in [0.717, 1.165) is 37.6 Å². The van der Waals surface area contributed by atoms with E-state index in [9.17, 15) is 4.79 Å². The van der Waals surface area contributed by atoms with Crippen LogP contribution in [0.5, 0.6) is 0 Å². The first-order chi connectivity index (χ1) is 15.3. The van der Waals surface area contributed by atoms with E-state index in [2.05, 4.69) is 29.2 Å². The molecule has 0 spiro atoms. The van der Waals surface area contributed by atoms with Gasteiger partial charge in [-0.05, 0) is 48.0 Å². The van der Waals surface area contributed by atoms with E-state index in [0.29, 0.717) is 16.7 Å². The van der Waals surface area contributed by atoms with Gasteiger partial charge in [0.15, 0.2) is 0 Å². The van der Waals surface area contributed by atoms with Crippen molar-refractivity contribution >= 4 is 28.7 Å². The Kier molecular flexibility index (Phi) is 5.33. The summed E-state index contributed by atoms with van der Waals surface area (Å²) in [4.78, 5) is 20.4. The maximum atomic E-state index is 13.3. The van der Waals surface area contributed by atoms with Crippen molar-refractivity contribution in [3.8, 4) is 5.69 Å². The predicted molar refractivity (Wildman–Crippen MR) is 126 cm³/mol. The Hall–Kier alpha value is -3.70. The summed E-state index contributed by atoms with van der Waals surface area (Å²) in [6, 6.07) is 25.5. The highest BCUT2D eigenvalue weighted by molar-refractivity contribution is 5.80. The number of fused-ring (bicyclic) bond motifs is 1. The maximum absolute atomic E-state index is 13.3. The van der Waals surface area contributed by atoms with Gasteiger partial charge < -0.3 is 9.64 Å². The smallest absolute Gasteiger partial charge is 0.266 e. The van der Waals surface area contributed by atoms with Gasteiger partial charge in [-0.15, -0.1) is 0 Å². The molecule has 0 bridgehead atoms. The summed E-state index contributed by atoms with van der Waals surface area (Å²) in [5.74, 6) is 0.604. The van der Waals surface area contributed by atoms with E-state index in [1.54, 1.807) is 4.57 Å². The van der Waals surface area contributed by atoms with Crippen LogP contribution in [0.25, 0.3) is 28.7 Å². The normalized spacial score (nSPS) is 14.4. The van der Waals surface area contributed by atoms with Crippen molar-refractivity contribution in [1.29, 1.82) is 0 Å². The number of morpholine rings is 1. The lowest BCUT2D eigenvalue weighted by Gasteiger charge is -2.28. The fraction of sp³-hybridized carbons (Fsp3) is 0.154. The molecule has 5 rings (SSSR count). The first-order valence-electron chi connectivity index (χ1n) is 10.5. The van der Waals surface area contributed by atoms with Gasteiger partial charge in [-0.25, -0.2) is 4.98 Å². The molecule has 31 heavy (non-hydrogen) atoms. The van der Waals surface area contributed by atoms with Gasteiger partial charge in [-0.1, -0.05) is 48.5 Å². The number of hydrogen-bond donors (Lipinski definition) is 0. The van der Waals surface area contributed by atoms with E-state index in [-0.39, 0.29) is 5.56 Å². The summed E-state index contributed by atoms with van der Waals surface area (Å²) < 4.78 is 7.10. The molecule has 154 valence electrons. The number of benzene rings is 3. The SMILES string of the molecule is O=c1c2ccccc2nc(C=Cc2ccc(N3CCOCC3)cc2)n1-c1ccccc1. The van der Waals surface area contributed by atoms with Gasteiger partial charge in [0.1, 0.15) is 5.82 Å². The van der Waals surface area contributed by atoms with Gasteiger partial charge >= 0.3 is 0 Å². The van der Waals surface area contributed by atoms with Gasteiger partial charge in [-0.2, -0.15) is 0 Å². The third-order valence-electron chi connectivity index (χ3n) is 5.51. The topological polar surface area (TPSA) is 47.4 Å². The van der Waals surface area contributed by atoms with Crippen molar-refractivity contribution in [3.05, 3.63) is 101 Å². The average Bonchev–Trinajstić information content (AvgIpc) is 2.84. The van der Waals surface area contributed by atoms with E-state index in [1.165, 1.54) is 5.69 Å². The van der Waals surface area contributed by atoms with E-state index in [4.69, 9.17) is 9.72 Å². The molecule has 0 radical (unpaired) electrons. The molecule has 1 saturated heterocycles. The summed E-state index contributed by atoms with van der Waals surface area (Å²) in [6.45, 7) is 3.37. The van der Waals surface area contributed by atoms with Crippen LogP contribution in [-0.4, -0.2) is 35.9 Å². The summed E-state index contributed by atoms with van der Waals surface area (Å²) in [5, 5.41) is 0.610. The summed E-state index contributed by atoms with van der Waals surface area (Å²) in [7, 11) is 0. The monoisotopic (exact) mass is 409 g/mol. The Morgan fingerprint density at radius 2 is 1.48 bits per heavy atom. The van der Waals surface area contributed by atoms with Crippen LogP contribution in [0.2, 0.25) is 0 Å². The van der Waals surface area contributed by atoms with Gasteiger partial charge in [-0.3, -0.25) is 9.36 Å². The maximum Gasteiger partial charge on any atom is 0.266 e. The molecule has 5 nitrogen and oxygen atoms in total. The molecule has 0 unspecified atom stereocenters. The van der Waals surface area contributed by atoms with Crippen LogP contribution in [0.4, 0.5) is 5.69 Å². The molecule has 5 heteroatoms. The van der Waals surface area contributed by atoms with Gasteiger partial charge in [0.25, 0.3) is 5.56 Å². The molecule has 1 aliphatic rings. The van der Waals surface area contributed by atoms with Gasteiger partial charge in [0, 0.05) is 18.8 Å². The quantitative estimate of drug-likeness (QED) is 0.502. The van der Waals surface area contributed by atoms with E-state index < -0.39 is 0 Å². The standard InChI is InChI=1S/C26H23N3O2/c30-26-23-8-4-5-9-24(23)27-25(29(26)22-6-2-1-3-7-22)15-12-20-10-13-21(14-11-20)28-16-18-31-19-17-28/h1-15H,16-19H2. The summed E-state index contributed by atoms with van der Waals surface area (Å²) in [6.07, 6.45) is 3.91. The summed E-state index contributed by atoms with van der Waals surface area (Å²) in [5.41, 5.74) is 3.68. The molecule has 0 saturated carbocycles. The molecule has 2 heterocycles. The second-order valence-corrected chi connectivity index (χ2v) is 7.49. The number of ether oxygens (including phenoxy) is 1. The van der Waals surface area contributed by atoms with Gasteiger partial charge in [0.2, 0.25) is 0 Å². The Labute approximate surface area is 180 Å².